The van der Waals surface area contributed by atoms with Gasteiger partial charge in [-0.3, -0.25) is 4.79 Å². The highest BCUT2D eigenvalue weighted by Gasteiger charge is 2.15. The molecule has 1 aromatic heterocycles. The topological polar surface area (TPSA) is 45.2 Å². The first-order chi connectivity index (χ1) is 10.6. The molecule has 0 bridgehead atoms. The van der Waals surface area contributed by atoms with Crippen molar-refractivity contribution < 1.29 is 4.79 Å². The van der Waals surface area contributed by atoms with E-state index in [2.05, 4.69) is 15.2 Å². The summed E-state index contributed by atoms with van der Waals surface area (Å²) in [5.74, 6) is 0.803. The van der Waals surface area contributed by atoms with Crippen molar-refractivity contribution in [1.82, 2.24) is 4.98 Å². The van der Waals surface area contributed by atoms with Crippen LogP contribution in [-0.2, 0) is 0 Å². The number of rotatable bonds is 3. The van der Waals surface area contributed by atoms with E-state index in [1.807, 2.05) is 19.1 Å². The molecule has 2 aromatic rings. The molecule has 0 radical (unpaired) electrons. The van der Waals surface area contributed by atoms with Crippen LogP contribution in [0.5, 0.6) is 0 Å². The second-order valence-electron chi connectivity index (χ2n) is 5.46. The summed E-state index contributed by atoms with van der Waals surface area (Å²) in [5.41, 5.74) is 2.09. The lowest BCUT2D eigenvalue weighted by molar-refractivity contribution is 0.102. The molecule has 1 saturated heterocycles. The number of halogens is 1. The molecule has 1 aromatic carbocycles. The molecule has 1 aliphatic rings. The fourth-order valence-corrected chi connectivity index (χ4v) is 2.82. The Bertz CT molecular complexity index is 696. The predicted octanol–water partition coefficient (Wildman–Crippen LogP) is 3.90. The zero-order valence-corrected chi connectivity index (χ0v) is 13.2. The van der Waals surface area contributed by atoms with Crippen molar-refractivity contribution in [3.8, 4) is 0 Å². The van der Waals surface area contributed by atoms with Crippen molar-refractivity contribution in [2.24, 2.45) is 0 Å². The van der Waals surface area contributed by atoms with Gasteiger partial charge in [0, 0.05) is 23.7 Å². The largest absolute Gasteiger partial charge is 0.357 e. The van der Waals surface area contributed by atoms with Crippen LogP contribution >= 0.6 is 11.6 Å². The van der Waals surface area contributed by atoms with Crippen LogP contribution in [0.4, 0.5) is 11.5 Å². The first-order valence-electron chi connectivity index (χ1n) is 7.43. The number of nitrogens with zero attached hydrogens (tertiary/aromatic N) is 2. The average Bonchev–Trinajstić information content (AvgIpc) is 3.03. The quantitative estimate of drug-likeness (QED) is 0.934. The Morgan fingerprint density at radius 3 is 2.68 bits per heavy atom. The SMILES string of the molecule is Cc1nc(N2CCCC2)ccc1NC(=O)c1cccc(Cl)c1. The molecule has 0 unspecified atom stereocenters. The highest BCUT2D eigenvalue weighted by atomic mass is 35.5. The molecule has 5 heteroatoms. The lowest BCUT2D eigenvalue weighted by Crippen LogP contribution is -2.20. The van der Waals surface area contributed by atoms with Gasteiger partial charge >= 0.3 is 0 Å². The Morgan fingerprint density at radius 2 is 2.00 bits per heavy atom. The first-order valence-corrected chi connectivity index (χ1v) is 7.81. The average molecular weight is 316 g/mol. The van der Waals surface area contributed by atoms with E-state index >= 15 is 0 Å². The summed E-state index contributed by atoms with van der Waals surface area (Å²) in [6.07, 6.45) is 2.43. The zero-order chi connectivity index (χ0) is 15.5. The molecular weight excluding hydrogens is 298 g/mol. The fourth-order valence-electron chi connectivity index (χ4n) is 2.63. The summed E-state index contributed by atoms with van der Waals surface area (Å²) < 4.78 is 0. The maximum atomic E-state index is 12.3. The number of carbonyl (C=O) groups is 1. The first kappa shape index (κ1) is 14.9. The second kappa shape index (κ2) is 6.36. The third-order valence-corrected chi connectivity index (χ3v) is 4.07. The van der Waals surface area contributed by atoms with Gasteiger partial charge in [-0.2, -0.15) is 0 Å². The Kier molecular flexibility index (Phi) is 4.29. The van der Waals surface area contributed by atoms with Crippen LogP contribution in [0.3, 0.4) is 0 Å². The third kappa shape index (κ3) is 3.22. The number of amides is 1. The lowest BCUT2D eigenvalue weighted by atomic mass is 10.2. The van der Waals surface area contributed by atoms with Crippen molar-refractivity contribution in [2.75, 3.05) is 23.3 Å². The maximum Gasteiger partial charge on any atom is 0.255 e. The second-order valence-corrected chi connectivity index (χ2v) is 5.90. The molecule has 4 nitrogen and oxygen atoms in total. The number of hydrogen-bond acceptors (Lipinski definition) is 3. The van der Waals surface area contributed by atoms with Crippen molar-refractivity contribution in [1.29, 1.82) is 0 Å². The molecule has 22 heavy (non-hydrogen) atoms. The number of benzene rings is 1. The minimum Gasteiger partial charge on any atom is -0.357 e. The number of nitrogens with one attached hydrogen (secondary N) is 1. The Balaban J connectivity index is 1.76. The van der Waals surface area contributed by atoms with Crippen LogP contribution < -0.4 is 10.2 Å². The van der Waals surface area contributed by atoms with Gasteiger partial charge in [0.2, 0.25) is 0 Å². The van der Waals surface area contributed by atoms with Gasteiger partial charge in [-0.05, 0) is 50.1 Å². The standard InChI is InChI=1S/C17H18ClN3O/c1-12-15(7-8-16(19-12)21-9-2-3-10-21)20-17(22)13-5-4-6-14(18)11-13/h4-8,11H,2-3,9-10H2,1H3,(H,20,22). The highest BCUT2D eigenvalue weighted by Crippen LogP contribution is 2.22. The van der Waals surface area contributed by atoms with Gasteiger partial charge in [0.1, 0.15) is 5.82 Å². The molecule has 2 heterocycles. The minimum atomic E-state index is -0.179. The van der Waals surface area contributed by atoms with Gasteiger partial charge in [-0.1, -0.05) is 17.7 Å². The minimum absolute atomic E-state index is 0.179. The summed E-state index contributed by atoms with van der Waals surface area (Å²) in [7, 11) is 0. The summed E-state index contributed by atoms with van der Waals surface area (Å²) in [5, 5.41) is 3.44. The van der Waals surface area contributed by atoms with Crippen LogP contribution in [0.1, 0.15) is 28.9 Å². The molecule has 1 fully saturated rings. The Labute approximate surface area is 135 Å². The van der Waals surface area contributed by atoms with Gasteiger partial charge in [-0.25, -0.2) is 4.98 Å². The van der Waals surface area contributed by atoms with Crippen LogP contribution in [0.2, 0.25) is 5.02 Å². The molecular formula is C17H18ClN3O. The van der Waals surface area contributed by atoms with E-state index in [0.717, 1.165) is 30.3 Å². The smallest absolute Gasteiger partial charge is 0.255 e. The molecule has 3 rings (SSSR count). The molecule has 1 aliphatic heterocycles. The van der Waals surface area contributed by atoms with E-state index in [-0.39, 0.29) is 5.91 Å². The monoisotopic (exact) mass is 315 g/mol. The van der Waals surface area contributed by atoms with E-state index in [9.17, 15) is 4.79 Å². The summed E-state index contributed by atoms with van der Waals surface area (Å²) in [6, 6.07) is 10.8. The van der Waals surface area contributed by atoms with E-state index in [1.165, 1.54) is 12.8 Å². The summed E-state index contributed by atoms with van der Waals surface area (Å²) >= 11 is 5.92. The fraction of sp³-hybridized carbons (Fsp3) is 0.294. The Morgan fingerprint density at radius 1 is 1.23 bits per heavy atom. The van der Waals surface area contributed by atoms with Gasteiger partial charge in [-0.15, -0.1) is 0 Å². The third-order valence-electron chi connectivity index (χ3n) is 3.84. The zero-order valence-electron chi connectivity index (χ0n) is 12.5. The van der Waals surface area contributed by atoms with Crippen LogP contribution in [0.25, 0.3) is 0 Å². The molecule has 114 valence electrons. The van der Waals surface area contributed by atoms with Crippen molar-refractivity contribution in [3.63, 3.8) is 0 Å². The van der Waals surface area contributed by atoms with Crippen LogP contribution in [0.15, 0.2) is 36.4 Å². The maximum absolute atomic E-state index is 12.3. The lowest BCUT2D eigenvalue weighted by Gasteiger charge is -2.18. The molecule has 1 N–H and O–H groups in total. The van der Waals surface area contributed by atoms with Gasteiger partial charge < -0.3 is 10.2 Å². The number of pyridine rings is 1. The number of aryl methyl sites for hydroxylation is 1. The summed E-state index contributed by atoms with van der Waals surface area (Å²) in [4.78, 5) is 19.1. The molecule has 0 spiro atoms. The van der Waals surface area contributed by atoms with E-state index in [4.69, 9.17) is 11.6 Å². The molecule has 1 amide bonds. The molecule has 0 aliphatic carbocycles. The van der Waals surface area contributed by atoms with Crippen LogP contribution in [0, 0.1) is 6.92 Å². The van der Waals surface area contributed by atoms with Crippen molar-refractivity contribution in [2.45, 2.75) is 19.8 Å². The highest BCUT2D eigenvalue weighted by molar-refractivity contribution is 6.31. The van der Waals surface area contributed by atoms with Gasteiger partial charge in [0.15, 0.2) is 0 Å². The molecule has 0 saturated carbocycles. The Hall–Kier alpha value is -2.07. The summed E-state index contributed by atoms with van der Waals surface area (Å²) in [6.45, 7) is 4.02. The van der Waals surface area contributed by atoms with Crippen molar-refractivity contribution in [3.05, 3.63) is 52.7 Å². The van der Waals surface area contributed by atoms with E-state index in [0.29, 0.717) is 10.6 Å². The number of anilines is 2. The number of hydrogen-bond donors (Lipinski definition) is 1. The molecule has 0 atom stereocenters. The van der Waals surface area contributed by atoms with Gasteiger partial charge in [0.25, 0.3) is 5.91 Å². The van der Waals surface area contributed by atoms with Crippen molar-refractivity contribution >= 4 is 29.0 Å². The van der Waals surface area contributed by atoms with E-state index < -0.39 is 0 Å². The normalized spacial score (nSPS) is 14.2. The van der Waals surface area contributed by atoms with Crippen LogP contribution in [-0.4, -0.2) is 24.0 Å². The van der Waals surface area contributed by atoms with Gasteiger partial charge in [0.05, 0.1) is 11.4 Å². The number of aromatic nitrogens is 1. The van der Waals surface area contributed by atoms with E-state index in [1.54, 1.807) is 24.3 Å². The predicted molar refractivity (Wildman–Crippen MR) is 89.8 cm³/mol. The number of carbonyl (C=O) groups excluding carboxylic acids is 1.